The van der Waals surface area contributed by atoms with Gasteiger partial charge in [0.15, 0.2) is 0 Å². The van der Waals surface area contributed by atoms with Crippen molar-refractivity contribution in [2.24, 2.45) is 0 Å². The minimum Gasteiger partial charge on any atom is -0.288 e. The van der Waals surface area contributed by atoms with Gasteiger partial charge in [-0.15, -0.1) is 11.3 Å². The number of carbonyl (C=O) groups excluding carboxylic acids is 1. The minimum absolute atomic E-state index is 0.132. The minimum atomic E-state index is -0.287. The summed E-state index contributed by atoms with van der Waals surface area (Å²) in [5, 5.41) is 2.73. The Hall–Kier alpha value is -1.81. The lowest BCUT2D eigenvalue weighted by Crippen LogP contribution is -1.96. The number of halogens is 1. The zero-order valence-electron chi connectivity index (χ0n) is 10.8. The predicted octanol–water partition coefficient (Wildman–Crippen LogP) is 4.30. The Kier molecular flexibility index (Phi) is 4.22. The summed E-state index contributed by atoms with van der Waals surface area (Å²) in [6.07, 6.45) is 3.13. The quantitative estimate of drug-likeness (QED) is 0.615. The summed E-state index contributed by atoms with van der Waals surface area (Å²) in [6, 6.07) is 5.98. The molecule has 0 aliphatic rings. The Morgan fingerprint density at radius 3 is 2.58 bits per heavy atom. The smallest absolute Gasteiger partial charge is 0.205 e. The van der Waals surface area contributed by atoms with Gasteiger partial charge in [0, 0.05) is 11.3 Å². The van der Waals surface area contributed by atoms with Crippen LogP contribution in [0.15, 0.2) is 35.7 Å². The lowest BCUT2D eigenvalue weighted by Gasteiger charge is -1.95. The van der Waals surface area contributed by atoms with Gasteiger partial charge in [-0.05, 0) is 23.8 Å². The van der Waals surface area contributed by atoms with E-state index in [0.717, 1.165) is 10.6 Å². The van der Waals surface area contributed by atoms with E-state index in [-0.39, 0.29) is 11.6 Å². The van der Waals surface area contributed by atoms with Crippen molar-refractivity contribution >= 4 is 23.2 Å². The number of hydrogen-bond donors (Lipinski definition) is 0. The molecule has 0 aliphatic heterocycles. The van der Waals surface area contributed by atoms with Gasteiger partial charge in [0.1, 0.15) is 11.5 Å². The van der Waals surface area contributed by atoms with E-state index in [4.69, 9.17) is 0 Å². The van der Waals surface area contributed by atoms with Crippen molar-refractivity contribution in [3.63, 3.8) is 0 Å². The zero-order valence-corrected chi connectivity index (χ0v) is 11.6. The van der Waals surface area contributed by atoms with Crippen LogP contribution in [0.2, 0.25) is 0 Å². The van der Waals surface area contributed by atoms with Crippen molar-refractivity contribution in [2.75, 3.05) is 0 Å². The summed E-state index contributed by atoms with van der Waals surface area (Å²) in [5.41, 5.74) is 1.25. The van der Waals surface area contributed by atoms with E-state index in [0.29, 0.717) is 11.6 Å². The van der Waals surface area contributed by atoms with Crippen LogP contribution >= 0.6 is 11.3 Å². The normalized spacial score (nSPS) is 11.4. The summed E-state index contributed by atoms with van der Waals surface area (Å²) in [5.74, 6) is -0.0929. The molecule has 19 heavy (non-hydrogen) atoms. The maximum Gasteiger partial charge on any atom is 0.205 e. The standard InChI is InChI=1S/C15H14FNOS/c1-10(2)15-17-13(9-19-15)14(18)8-5-11-3-6-12(16)7-4-11/h3-10H,1-2H3/b8-5+. The largest absolute Gasteiger partial charge is 0.288 e. The van der Waals surface area contributed by atoms with Gasteiger partial charge in [0.25, 0.3) is 0 Å². The van der Waals surface area contributed by atoms with Gasteiger partial charge < -0.3 is 0 Å². The van der Waals surface area contributed by atoms with Crippen molar-refractivity contribution in [1.82, 2.24) is 4.98 Å². The van der Waals surface area contributed by atoms with E-state index in [1.165, 1.54) is 29.5 Å². The first-order chi connectivity index (χ1) is 9.06. The first-order valence-electron chi connectivity index (χ1n) is 5.99. The second-order valence-corrected chi connectivity index (χ2v) is 5.36. The predicted molar refractivity (Wildman–Crippen MR) is 76.0 cm³/mol. The van der Waals surface area contributed by atoms with Gasteiger partial charge in [-0.2, -0.15) is 0 Å². The molecule has 1 heterocycles. The molecule has 0 saturated heterocycles. The number of hydrogen-bond acceptors (Lipinski definition) is 3. The molecule has 0 fully saturated rings. The Morgan fingerprint density at radius 2 is 2.00 bits per heavy atom. The Labute approximate surface area is 115 Å². The molecule has 2 nitrogen and oxygen atoms in total. The molecule has 0 atom stereocenters. The second-order valence-electron chi connectivity index (χ2n) is 4.47. The van der Waals surface area contributed by atoms with Gasteiger partial charge in [-0.3, -0.25) is 4.79 Å². The van der Waals surface area contributed by atoms with Gasteiger partial charge >= 0.3 is 0 Å². The van der Waals surface area contributed by atoms with Crippen molar-refractivity contribution in [3.05, 3.63) is 57.8 Å². The van der Waals surface area contributed by atoms with Crippen LogP contribution in [0.3, 0.4) is 0 Å². The number of thiazole rings is 1. The Bertz CT molecular complexity index is 599. The van der Waals surface area contributed by atoms with Crippen LogP contribution in [0.4, 0.5) is 4.39 Å². The van der Waals surface area contributed by atoms with Crippen LogP contribution in [0.5, 0.6) is 0 Å². The van der Waals surface area contributed by atoms with Crippen molar-refractivity contribution < 1.29 is 9.18 Å². The highest BCUT2D eigenvalue weighted by Crippen LogP contribution is 2.19. The number of ketones is 1. The van der Waals surface area contributed by atoms with E-state index >= 15 is 0 Å². The summed E-state index contributed by atoms with van der Waals surface area (Å²) in [7, 11) is 0. The molecular formula is C15H14FNOS. The fourth-order valence-corrected chi connectivity index (χ4v) is 2.32. The van der Waals surface area contributed by atoms with E-state index in [2.05, 4.69) is 4.98 Å². The maximum atomic E-state index is 12.7. The molecule has 0 unspecified atom stereocenters. The summed E-state index contributed by atoms with van der Waals surface area (Å²) in [4.78, 5) is 16.2. The summed E-state index contributed by atoms with van der Waals surface area (Å²) in [6.45, 7) is 4.09. The highest BCUT2D eigenvalue weighted by atomic mass is 32.1. The Balaban J connectivity index is 2.09. The number of rotatable bonds is 4. The average Bonchev–Trinajstić information content (AvgIpc) is 2.87. The topological polar surface area (TPSA) is 30.0 Å². The van der Waals surface area contributed by atoms with E-state index in [9.17, 15) is 9.18 Å². The molecule has 1 aromatic carbocycles. The van der Waals surface area contributed by atoms with Gasteiger partial charge in [0.2, 0.25) is 5.78 Å². The van der Waals surface area contributed by atoms with E-state index in [1.807, 2.05) is 13.8 Å². The highest BCUT2D eigenvalue weighted by molar-refractivity contribution is 7.09. The molecule has 0 spiro atoms. The molecule has 0 radical (unpaired) electrons. The molecular weight excluding hydrogens is 261 g/mol. The average molecular weight is 275 g/mol. The molecule has 0 bridgehead atoms. The number of carbonyl (C=O) groups is 1. The fourth-order valence-electron chi connectivity index (χ4n) is 1.50. The van der Waals surface area contributed by atoms with Gasteiger partial charge in [0.05, 0.1) is 5.01 Å². The van der Waals surface area contributed by atoms with Crippen LogP contribution in [0.25, 0.3) is 6.08 Å². The van der Waals surface area contributed by atoms with Gasteiger partial charge in [-0.25, -0.2) is 9.37 Å². The highest BCUT2D eigenvalue weighted by Gasteiger charge is 2.09. The summed E-state index contributed by atoms with van der Waals surface area (Å²) < 4.78 is 12.7. The number of aromatic nitrogens is 1. The van der Waals surface area contributed by atoms with Crippen molar-refractivity contribution in [2.45, 2.75) is 19.8 Å². The molecule has 4 heteroatoms. The second kappa shape index (κ2) is 5.89. The lowest BCUT2D eigenvalue weighted by atomic mass is 10.2. The van der Waals surface area contributed by atoms with Crippen LogP contribution in [-0.4, -0.2) is 10.8 Å². The van der Waals surface area contributed by atoms with Crippen LogP contribution in [0.1, 0.15) is 40.8 Å². The van der Waals surface area contributed by atoms with E-state index in [1.54, 1.807) is 23.6 Å². The molecule has 2 aromatic rings. The number of benzene rings is 1. The molecule has 0 N–H and O–H groups in total. The first kappa shape index (κ1) is 13.6. The SMILES string of the molecule is CC(C)c1nc(C(=O)/C=C/c2ccc(F)cc2)cs1. The maximum absolute atomic E-state index is 12.7. The van der Waals surface area contributed by atoms with Gasteiger partial charge in [-0.1, -0.05) is 32.1 Å². The van der Waals surface area contributed by atoms with Crippen LogP contribution < -0.4 is 0 Å². The van der Waals surface area contributed by atoms with E-state index < -0.39 is 0 Å². The summed E-state index contributed by atoms with van der Waals surface area (Å²) >= 11 is 1.49. The fraction of sp³-hybridized carbons (Fsp3) is 0.200. The number of allylic oxidation sites excluding steroid dienone is 1. The molecule has 0 aliphatic carbocycles. The molecule has 0 saturated carbocycles. The molecule has 98 valence electrons. The Morgan fingerprint density at radius 1 is 1.32 bits per heavy atom. The third-order valence-corrected chi connectivity index (χ3v) is 3.71. The number of nitrogens with zero attached hydrogens (tertiary/aromatic N) is 1. The monoisotopic (exact) mass is 275 g/mol. The third-order valence-electron chi connectivity index (χ3n) is 2.57. The first-order valence-corrected chi connectivity index (χ1v) is 6.87. The van der Waals surface area contributed by atoms with Crippen LogP contribution in [0, 0.1) is 5.82 Å². The molecule has 2 rings (SSSR count). The van der Waals surface area contributed by atoms with Crippen LogP contribution in [-0.2, 0) is 0 Å². The third kappa shape index (κ3) is 3.58. The van der Waals surface area contributed by atoms with Crippen molar-refractivity contribution in [1.29, 1.82) is 0 Å². The lowest BCUT2D eigenvalue weighted by molar-refractivity contribution is 0.104. The molecule has 0 amide bonds. The molecule has 1 aromatic heterocycles. The van der Waals surface area contributed by atoms with Crippen molar-refractivity contribution in [3.8, 4) is 0 Å². The zero-order chi connectivity index (χ0) is 13.8.